The molecule has 0 fully saturated rings. The van der Waals surface area contributed by atoms with Crippen LogP contribution in [0.3, 0.4) is 0 Å². The minimum Gasteiger partial charge on any atom is -0.304 e. The standard InChI is InChI=1S/C18H24.C9H16.C2H4O/c1-3-5-13(2)10-16-8-9-17-11-14-6-4-7-15(14)12-18(16)17;1-2-6-9-7-4-3-5-8-9;1-2-3/h11-12,16H,2-10H2,1H3;7H,2-6,8H2,1H3;2H,1H3. The number of benzene rings is 1. The van der Waals surface area contributed by atoms with Crippen LogP contribution in [0.1, 0.15) is 120 Å². The zero-order chi connectivity index (χ0) is 21.8. The molecule has 0 saturated heterocycles. The van der Waals surface area contributed by atoms with Crippen LogP contribution in [0.5, 0.6) is 0 Å². The van der Waals surface area contributed by atoms with Crippen LogP contribution in [-0.2, 0) is 24.1 Å². The highest BCUT2D eigenvalue weighted by atomic mass is 16.1. The van der Waals surface area contributed by atoms with E-state index in [4.69, 9.17) is 4.79 Å². The minimum absolute atomic E-state index is 0.750. The third kappa shape index (κ3) is 7.56. The first-order valence-electron chi connectivity index (χ1n) is 12.5. The smallest absolute Gasteiger partial charge is 0.116 e. The van der Waals surface area contributed by atoms with Crippen LogP contribution >= 0.6 is 0 Å². The van der Waals surface area contributed by atoms with Crippen LogP contribution in [0.15, 0.2) is 35.9 Å². The van der Waals surface area contributed by atoms with Crippen LogP contribution in [0.4, 0.5) is 0 Å². The highest BCUT2D eigenvalue weighted by Gasteiger charge is 2.25. The van der Waals surface area contributed by atoms with Gasteiger partial charge in [-0.2, -0.15) is 0 Å². The molecule has 1 atom stereocenters. The van der Waals surface area contributed by atoms with E-state index in [-0.39, 0.29) is 0 Å². The summed E-state index contributed by atoms with van der Waals surface area (Å²) in [7, 11) is 0. The van der Waals surface area contributed by atoms with E-state index in [1.54, 1.807) is 27.8 Å². The predicted molar refractivity (Wildman–Crippen MR) is 131 cm³/mol. The van der Waals surface area contributed by atoms with Gasteiger partial charge in [-0.1, -0.05) is 62.6 Å². The Hall–Kier alpha value is -1.63. The molecule has 1 heteroatoms. The molecule has 1 aromatic carbocycles. The van der Waals surface area contributed by atoms with Crippen molar-refractivity contribution in [3.63, 3.8) is 0 Å². The SMILES string of the molecule is C=C(CCC)CC1CCc2cc3c(cc21)CCC3.CC=O.CCCC1=CCCCC1. The number of carbonyl (C=O) groups excluding carboxylic acids is 1. The molecule has 0 bridgehead atoms. The average molecular weight is 409 g/mol. The lowest BCUT2D eigenvalue weighted by Gasteiger charge is -2.14. The van der Waals surface area contributed by atoms with E-state index in [1.807, 2.05) is 0 Å². The van der Waals surface area contributed by atoms with Crippen LogP contribution in [0, 0.1) is 0 Å². The van der Waals surface area contributed by atoms with E-state index in [9.17, 15) is 0 Å². The van der Waals surface area contributed by atoms with Gasteiger partial charge in [-0.3, -0.25) is 0 Å². The highest BCUT2D eigenvalue weighted by Crippen LogP contribution is 2.40. The molecule has 0 heterocycles. The fraction of sp³-hybridized carbons (Fsp3) is 0.621. The third-order valence-electron chi connectivity index (χ3n) is 6.65. The van der Waals surface area contributed by atoms with E-state index in [0.717, 1.165) is 12.2 Å². The number of rotatable bonds is 6. The van der Waals surface area contributed by atoms with Crippen molar-refractivity contribution < 1.29 is 4.79 Å². The Balaban J connectivity index is 0.000000224. The van der Waals surface area contributed by atoms with Gasteiger partial charge in [0.2, 0.25) is 0 Å². The van der Waals surface area contributed by atoms with Gasteiger partial charge in [-0.15, -0.1) is 0 Å². The van der Waals surface area contributed by atoms with Crippen LogP contribution in [0.2, 0.25) is 0 Å². The Morgan fingerprint density at radius 1 is 1.00 bits per heavy atom. The second kappa shape index (κ2) is 13.6. The largest absolute Gasteiger partial charge is 0.304 e. The Morgan fingerprint density at radius 3 is 2.37 bits per heavy atom. The lowest BCUT2D eigenvalue weighted by atomic mass is 9.91. The number of hydrogen-bond donors (Lipinski definition) is 0. The normalized spacial score (nSPS) is 18.8. The summed E-state index contributed by atoms with van der Waals surface area (Å²) in [5.74, 6) is 0.768. The fourth-order valence-corrected chi connectivity index (χ4v) is 5.24. The van der Waals surface area contributed by atoms with Crippen LogP contribution in [0.25, 0.3) is 0 Å². The first-order chi connectivity index (χ1) is 14.6. The zero-order valence-electron chi connectivity index (χ0n) is 19.9. The maximum absolute atomic E-state index is 8.81. The molecule has 3 aliphatic carbocycles. The molecule has 4 rings (SSSR count). The summed E-state index contributed by atoms with van der Waals surface area (Å²) in [6.45, 7) is 10.2. The summed E-state index contributed by atoms with van der Waals surface area (Å²) < 4.78 is 0. The second-order valence-corrected chi connectivity index (χ2v) is 9.21. The number of aldehydes is 1. The summed E-state index contributed by atoms with van der Waals surface area (Å²) in [5, 5.41) is 0. The van der Waals surface area contributed by atoms with Crippen molar-refractivity contribution in [2.24, 2.45) is 0 Å². The third-order valence-corrected chi connectivity index (χ3v) is 6.65. The van der Waals surface area contributed by atoms with Gasteiger partial charge >= 0.3 is 0 Å². The maximum atomic E-state index is 8.81. The molecule has 166 valence electrons. The molecular weight excluding hydrogens is 364 g/mol. The molecule has 0 aromatic heterocycles. The number of hydrogen-bond acceptors (Lipinski definition) is 1. The molecule has 0 amide bonds. The van der Waals surface area contributed by atoms with E-state index in [2.05, 4.69) is 38.6 Å². The lowest BCUT2D eigenvalue weighted by molar-refractivity contribution is -0.106. The van der Waals surface area contributed by atoms with Gasteiger partial charge in [0.1, 0.15) is 6.29 Å². The van der Waals surface area contributed by atoms with Crippen molar-refractivity contribution in [2.45, 2.75) is 117 Å². The monoisotopic (exact) mass is 408 g/mol. The molecule has 0 N–H and O–H groups in total. The second-order valence-electron chi connectivity index (χ2n) is 9.21. The summed E-state index contributed by atoms with van der Waals surface area (Å²) in [6, 6.07) is 5.05. The number of fused-ring (bicyclic) bond motifs is 2. The molecular formula is C29H44O. The van der Waals surface area contributed by atoms with Gasteiger partial charge in [0.05, 0.1) is 0 Å². The summed E-state index contributed by atoms with van der Waals surface area (Å²) in [6.07, 6.45) is 21.8. The summed E-state index contributed by atoms with van der Waals surface area (Å²) in [4.78, 5) is 8.81. The Morgan fingerprint density at radius 2 is 1.73 bits per heavy atom. The number of aryl methyl sites for hydroxylation is 3. The first kappa shape index (κ1) is 24.6. The summed E-state index contributed by atoms with van der Waals surface area (Å²) >= 11 is 0. The van der Waals surface area contributed by atoms with Crippen molar-refractivity contribution in [1.82, 2.24) is 0 Å². The topological polar surface area (TPSA) is 17.1 Å². The molecule has 30 heavy (non-hydrogen) atoms. The van der Waals surface area contributed by atoms with Gasteiger partial charge < -0.3 is 4.79 Å². The Bertz CT molecular complexity index is 709. The first-order valence-corrected chi connectivity index (χ1v) is 12.5. The zero-order valence-corrected chi connectivity index (χ0v) is 19.9. The summed E-state index contributed by atoms with van der Waals surface area (Å²) in [5.41, 5.74) is 9.75. The molecule has 0 saturated carbocycles. The predicted octanol–water partition coefficient (Wildman–Crippen LogP) is 8.44. The maximum Gasteiger partial charge on any atom is 0.116 e. The lowest BCUT2D eigenvalue weighted by Crippen LogP contribution is -1.97. The van der Waals surface area contributed by atoms with Crippen molar-refractivity contribution in [3.05, 3.63) is 58.2 Å². The van der Waals surface area contributed by atoms with Gasteiger partial charge in [0.25, 0.3) is 0 Å². The molecule has 0 spiro atoms. The van der Waals surface area contributed by atoms with E-state index >= 15 is 0 Å². The number of carbonyl (C=O) groups is 1. The van der Waals surface area contributed by atoms with Crippen LogP contribution < -0.4 is 0 Å². The highest BCUT2D eigenvalue weighted by molar-refractivity contribution is 5.45. The van der Waals surface area contributed by atoms with E-state index < -0.39 is 0 Å². The Labute approximate surface area is 186 Å². The number of allylic oxidation sites excluding steroid dienone is 3. The molecule has 0 radical (unpaired) electrons. The van der Waals surface area contributed by atoms with Gasteiger partial charge in [0, 0.05) is 0 Å². The van der Waals surface area contributed by atoms with Crippen molar-refractivity contribution in [3.8, 4) is 0 Å². The molecule has 3 aliphatic rings. The van der Waals surface area contributed by atoms with Crippen molar-refractivity contribution in [1.29, 1.82) is 0 Å². The average Bonchev–Trinajstić information content (AvgIpc) is 3.35. The molecule has 1 aromatic rings. The quantitative estimate of drug-likeness (QED) is 0.341. The van der Waals surface area contributed by atoms with Crippen LogP contribution in [-0.4, -0.2) is 6.29 Å². The van der Waals surface area contributed by atoms with Gasteiger partial charge in [-0.05, 0) is 112 Å². The van der Waals surface area contributed by atoms with Crippen molar-refractivity contribution >= 4 is 6.29 Å². The van der Waals surface area contributed by atoms with Gasteiger partial charge in [0.15, 0.2) is 0 Å². The van der Waals surface area contributed by atoms with Crippen molar-refractivity contribution in [2.75, 3.05) is 0 Å². The van der Waals surface area contributed by atoms with E-state index in [1.165, 1.54) is 102 Å². The molecule has 1 unspecified atom stereocenters. The molecule has 1 nitrogen and oxygen atoms in total. The Kier molecular flexibility index (Phi) is 11.2. The van der Waals surface area contributed by atoms with E-state index in [0.29, 0.717) is 0 Å². The minimum atomic E-state index is 0.750. The van der Waals surface area contributed by atoms with Gasteiger partial charge in [-0.25, -0.2) is 0 Å². The fourth-order valence-electron chi connectivity index (χ4n) is 5.24. The molecule has 0 aliphatic heterocycles.